The number of halogens is 1. The molecule has 0 unspecified atom stereocenters. The molecular weight excluding hydrogens is 707 g/mol. The van der Waals surface area contributed by atoms with Crippen molar-refractivity contribution >= 4 is 63.4 Å². The van der Waals surface area contributed by atoms with Crippen molar-refractivity contribution in [2.24, 2.45) is 0 Å². The maximum Gasteiger partial charge on any atom is 0.113 e. The number of benzene rings is 6. The standard InChI is InChI=1S/C49H46BBrN2/c1-5-7-9-31-49(32-10-8-6-2)47-33-43(52(39-19-11-35(3)12-20-39)41-23-15-37(50)16-24-41)27-29-45(47)46-30-28-44(34-48(46)49)53(40-21-13-36(4)14-22-40)42-25-17-38(51)18-26-42/h5-6,11-30,33-34H,1-2,7-10,31-32H2,3-4H3. The topological polar surface area (TPSA) is 6.48 Å². The minimum atomic E-state index is -0.193. The zero-order valence-corrected chi connectivity index (χ0v) is 32.4. The molecule has 0 saturated heterocycles. The summed E-state index contributed by atoms with van der Waals surface area (Å²) in [5.41, 5.74) is 15.2. The fourth-order valence-corrected chi connectivity index (χ4v) is 8.27. The largest absolute Gasteiger partial charge is 0.310 e. The normalized spacial score (nSPS) is 12.5. The van der Waals surface area contributed by atoms with E-state index in [0.717, 1.165) is 82.6 Å². The Hall–Kier alpha value is -5.06. The molecule has 7 rings (SSSR count). The lowest BCUT2D eigenvalue weighted by atomic mass is 9.70. The highest BCUT2D eigenvalue weighted by atomic mass is 79.9. The van der Waals surface area contributed by atoms with Gasteiger partial charge in [-0.05, 0) is 160 Å². The molecular formula is C49H46BBrN2. The zero-order valence-electron chi connectivity index (χ0n) is 30.9. The molecule has 0 amide bonds. The molecule has 1 aliphatic carbocycles. The number of rotatable bonds is 14. The summed E-state index contributed by atoms with van der Waals surface area (Å²) in [6.45, 7) is 12.5. The monoisotopic (exact) mass is 752 g/mol. The second-order valence-corrected chi connectivity index (χ2v) is 15.2. The fraction of sp³-hybridized carbons (Fsp3) is 0.184. The number of nitrogens with zero attached hydrogens (tertiary/aromatic N) is 2. The van der Waals surface area contributed by atoms with E-state index in [2.05, 4.69) is 186 Å². The highest BCUT2D eigenvalue weighted by Gasteiger charge is 2.43. The number of hydrogen-bond acceptors (Lipinski definition) is 2. The molecule has 0 heterocycles. The number of allylic oxidation sites excluding steroid dienone is 2. The van der Waals surface area contributed by atoms with Gasteiger partial charge in [0.1, 0.15) is 7.85 Å². The van der Waals surface area contributed by atoms with Gasteiger partial charge in [-0.3, -0.25) is 0 Å². The van der Waals surface area contributed by atoms with Crippen LogP contribution in [0.1, 0.15) is 60.8 Å². The van der Waals surface area contributed by atoms with Crippen LogP contribution in [0.5, 0.6) is 0 Å². The smallest absolute Gasteiger partial charge is 0.113 e. The van der Waals surface area contributed by atoms with Crippen LogP contribution in [0.25, 0.3) is 11.1 Å². The van der Waals surface area contributed by atoms with E-state index in [1.807, 2.05) is 12.1 Å². The van der Waals surface area contributed by atoms with Crippen LogP contribution >= 0.6 is 15.9 Å². The number of aryl methyl sites for hydroxylation is 2. The third kappa shape index (κ3) is 7.43. The van der Waals surface area contributed by atoms with E-state index in [4.69, 9.17) is 7.85 Å². The summed E-state index contributed by atoms with van der Waals surface area (Å²) in [6, 6.07) is 48.7. The molecule has 6 aromatic carbocycles. The molecule has 0 spiro atoms. The van der Waals surface area contributed by atoms with Gasteiger partial charge in [0, 0.05) is 44.0 Å². The molecule has 53 heavy (non-hydrogen) atoms. The minimum Gasteiger partial charge on any atom is -0.310 e. The van der Waals surface area contributed by atoms with Crippen LogP contribution < -0.4 is 15.3 Å². The van der Waals surface area contributed by atoms with Crippen molar-refractivity contribution in [3.63, 3.8) is 0 Å². The van der Waals surface area contributed by atoms with Gasteiger partial charge < -0.3 is 9.80 Å². The van der Waals surface area contributed by atoms with Gasteiger partial charge in [-0.25, -0.2) is 0 Å². The lowest BCUT2D eigenvalue weighted by Gasteiger charge is -2.35. The molecule has 6 aromatic rings. The summed E-state index contributed by atoms with van der Waals surface area (Å²) in [4.78, 5) is 4.75. The first-order valence-corrected chi connectivity index (χ1v) is 19.5. The molecule has 262 valence electrons. The second-order valence-electron chi connectivity index (χ2n) is 14.3. The predicted molar refractivity (Wildman–Crippen MR) is 233 cm³/mol. The molecule has 0 aliphatic heterocycles. The van der Waals surface area contributed by atoms with Crippen molar-refractivity contribution in [2.45, 2.75) is 57.8 Å². The van der Waals surface area contributed by atoms with E-state index in [-0.39, 0.29) is 5.41 Å². The number of hydrogen-bond donors (Lipinski definition) is 0. The Balaban J connectivity index is 1.43. The Morgan fingerprint density at radius 3 is 1.28 bits per heavy atom. The highest BCUT2D eigenvalue weighted by Crippen LogP contribution is 2.57. The highest BCUT2D eigenvalue weighted by molar-refractivity contribution is 9.10. The van der Waals surface area contributed by atoms with E-state index in [0.29, 0.717) is 0 Å². The summed E-state index contributed by atoms with van der Waals surface area (Å²) < 4.78 is 1.06. The van der Waals surface area contributed by atoms with Crippen molar-refractivity contribution < 1.29 is 0 Å². The Bertz CT molecular complexity index is 1950. The van der Waals surface area contributed by atoms with Crippen LogP contribution in [0, 0.1) is 13.8 Å². The molecule has 0 atom stereocenters. The number of anilines is 6. The summed E-state index contributed by atoms with van der Waals surface area (Å²) in [6.07, 6.45) is 10.2. The van der Waals surface area contributed by atoms with E-state index in [1.54, 1.807) is 0 Å². The summed E-state index contributed by atoms with van der Waals surface area (Å²) in [5.74, 6) is 0. The first kappa shape index (κ1) is 36.3. The molecule has 2 nitrogen and oxygen atoms in total. The van der Waals surface area contributed by atoms with Crippen molar-refractivity contribution in [3.8, 4) is 11.1 Å². The third-order valence-electron chi connectivity index (χ3n) is 10.7. The van der Waals surface area contributed by atoms with Gasteiger partial charge in [-0.2, -0.15) is 0 Å². The van der Waals surface area contributed by atoms with Crippen LogP contribution in [0.2, 0.25) is 0 Å². The molecule has 1 aliphatic rings. The SMILES string of the molecule is [B]c1ccc(N(c2ccc(C)cc2)c2ccc3c(c2)C(CCCC=C)(CCCC=C)c2cc(N(c4ccc(C)cc4)c4ccc(Br)cc4)ccc2-3)cc1. The molecule has 0 aromatic heterocycles. The molecule has 0 N–H and O–H groups in total. The van der Waals surface area contributed by atoms with Gasteiger partial charge in [0.25, 0.3) is 0 Å². The van der Waals surface area contributed by atoms with Crippen molar-refractivity contribution in [2.75, 3.05) is 9.80 Å². The predicted octanol–water partition coefficient (Wildman–Crippen LogP) is 13.8. The van der Waals surface area contributed by atoms with Crippen molar-refractivity contribution in [3.05, 3.63) is 185 Å². The van der Waals surface area contributed by atoms with Crippen LogP contribution in [0.4, 0.5) is 34.1 Å². The third-order valence-corrected chi connectivity index (χ3v) is 11.2. The van der Waals surface area contributed by atoms with Crippen LogP contribution in [-0.2, 0) is 5.41 Å². The van der Waals surface area contributed by atoms with E-state index in [1.165, 1.54) is 33.4 Å². The first-order valence-electron chi connectivity index (χ1n) is 18.7. The lowest BCUT2D eigenvalue weighted by molar-refractivity contribution is 0.422. The summed E-state index contributed by atoms with van der Waals surface area (Å²) >= 11 is 3.66. The zero-order chi connectivity index (χ0) is 37.0. The molecule has 4 heteroatoms. The van der Waals surface area contributed by atoms with Gasteiger partial charge in [-0.1, -0.05) is 93.2 Å². The average molecular weight is 754 g/mol. The van der Waals surface area contributed by atoms with Crippen molar-refractivity contribution in [1.29, 1.82) is 0 Å². The molecule has 0 fully saturated rings. The van der Waals surface area contributed by atoms with Crippen LogP contribution in [0.3, 0.4) is 0 Å². The van der Waals surface area contributed by atoms with Crippen LogP contribution in [0.15, 0.2) is 163 Å². The Labute approximate surface area is 326 Å². The first-order chi connectivity index (χ1) is 25.8. The van der Waals surface area contributed by atoms with E-state index < -0.39 is 0 Å². The van der Waals surface area contributed by atoms with Gasteiger partial charge in [0.05, 0.1) is 0 Å². The molecule has 2 radical (unpaired) electrons. The van der Waals surface area contributed by atoms with Gasteiger partial charge >= 0.3 is 0 Å². The number of unbranched alkanes of at least 4 members (excludes halogenated alkanes) is 2. The fourth-order valence-electron chi connectivity index (χ4n) is 8.01. The Morgan fingerprint density at radius 1 is 0.528 bits per heavy atom. The maximum absolute atomic E-state index is 6.18. The summed E-state index contributed by atoms with van der Waals surface area (Å²) in [5, 5.41) is 0. The van der Waals surface area contributed by atoms with Gasteiger partial charge in [0.2, 0.25) is 0 Å². The van der Waals surface area contributed by atoms with Gasteiger partial charge in [-0.15, -0.1) is 13.2 Å². The lowest BCUT2D eigenvalue weighted by Crippen LogP contribution is -2.26. The van der Waals surface area contributed by atoms with Crippen molar-refractivity contribution in [1.82, 2.24) is 0 Å². The minimum absolute atomic E-state index is 0.193. The Morgan fingerprint density at radius 2 is 0.887 bits per heavy atom. The van der Waals surface area contributed by atoms with Crippen LogP contribution in [-0.4, -0.2) is 7.85 Å². The summed E-state index contributed by atoms with van der Waals surface area (Å²) in [7, 11) is 6.18. The quantitative estimate of drug-likeness (QED) is 0.0621. The molecule has 0 saturated carbocycles. The number of fused-ring (bicyclic) bond motifs is 3. The molecule has 0 bridgehead atoms. The van der Waals surface area contributed by atoms with E-state index in [9.17, 15) is 0 Å². The Kier molecular flexibility index (Phi) is 10.9. The average Bonchev–Trinajstić information content (AvgIpc) is 3.43. The van der Waals surface area contributed by atoms with E-state index >= 15 is 0 Å². The second kappa shape index (κ2) is 15.9. The van der Waals surface area contributed by atoms with Gasteiger partial charge in [0.15, 0.2) is 0 Å². The maximum atomic E-state index is 6.18.